The van der Waals surface area contributed by atoms with Gasteiger partial charge in [-0.25, -0.2) is 8.42 Å². The van der Waals surface area contributed by atoms with Gasteiger partial charge in [-0.15, -0.1) is 0 Å². The Hall–Kier alpha value is -1.03. The second-order valence-corrected chi connectivity index (χ2v) is 6.16. The first-order chi connectivity index (χ1) is 8.01. The summed E-state index contributed by atoms with van der Waals surface area (Å²) in [5.41, 5.74) is 0. The molecule has 0 aliphatic heterocycles. The predicted octanol–water partition coefficient (Wildman–Crippen LogP) is 3.83. The fourth-order valence-electron chi connectivity index (χ4n) is 1.38. The predicted molar refractivity (Wildman–Crippen MR) is 68.4 cm³/mol. The third-order valence-corrected chi connectivity index (χ3v) is 4.76. The average molecular weight is 287 g/mol. The van der Waals surface area contributed by atoms with E-state index in [0.717, 1.165) is 0 Å². The summed E-state index contributed by atoms with van der Waals surface area (Å²) in [4.78, 5) is 0.372. The maximum Gasteiger partial charge on any atom is 0.206 e. The fraction of sp³-hybridized carbons (Fsp3) is 0. The first-order valence-electron chi connectivity index (χ1n) is 4.77. The van der Waals surface area contributed by atoms with Gasteiger partial charge in [-0.1, -0.05) is 41.4 Å². The summed E-state index contributed by atoms with van der Waals surface area (Å²) >= 11 is 11.6. The Kier molecular flexibility index (Phi) is 3.43. The molecule has 2 aromatic rings. The molecule has 0 atom stereocenters. The van der Waals surface area contributed by atoms with Crippen molar-refractivity contribution in [3.8, 4) is 0 Å². The van der Waals surface area contributed by atoms with E-state index in [2.05, 4.69) is 0 Å². The largest absolute Gasteiger partial charge is 0.219 e. The molecule has 5 heteroatoms. The van der Waals surface area contributed by atoms with Gasteiger partial charge in [0.25, 0.3) is 0 Å². The molecule has 0 heterocycles. The molecular formula is C12H8Cl2O2S. The van der Waals surface area contributed by atoms with Gasteiger partial charge in [0, 0.05) is 0 Å². The summed E-state index contributed by atoms with van der Waals surface area (Å²) in [6.07, 6.45) is 0. The van der Waals surface area contributed by atoms with Gasteiger partial charge in [0.15, 0.2) is 0 Å². The van der Waals surface area contributed by atoms with Crippen LogP contribution < -0.4 is 0 Å². The van der Waals surface area contributed by atoms with Crippen molar-refractivity contribution in [2.24, 2.45) is 0 Å². The van der Waals surface area contributed by atoms with E-state index in [9.17, 15) is 8.42 Å². The van der Waals surface area contributed by atoms with E-state index in [1.54, 1.807) is 18.2 Å². The molecule has 0 saturated carbocycles. The van der Waals surface area contributed by atoms with Gasteiger partial charge in [0.1, 0.15) is 0 Å². The van der Waals surface area contributed by atoms with Crippen LogP contribution in [0.1, 0.15) is 0 Å². The molecule has 0 amide bonds. The molecule has 0 aromatic heterocycles. The molecule has 0 N–H and O–H groups in total. The molecule has 0 unspecified atom stereocenters. The molecule has 0 aliphatic rings. The van der Waals surface area contributed by atoms with Crippen molar-refractivity contribution in [3.05, 3.63) is 58.6 Å². The quantitative estimate of drug-likeness (QED) is 0.841. The van der Waals surface area contributed by atoms with Crippen LogP contribution >= 0.6 is 23.2 Å². The molecule has 0 spiro atoms. The van der Waals surface area contributed by atoms with E-state index in [1.165, 1.54) is 30.3 Å². The lowest BCUT2D eigenvalue weighted by Crippen LogP contribution is -2.01. The minimum Gasteiger partial charge on any atom is -0.219 e. The van der Waals surface area contributed by atoms with Gasteiger partial charge in [0.2, 0.25) is 9.84 Å². The number of rotatable bonds is 2. The van der Waals surface area contributed by atoms with Crippen LogP contribution in [0.2, 0.25) is 10.0 Å². The van der Waals surface area contributed by atoms with Crippen molar-refractivity contribution < 1.29 is 8.42 Å². The Balaban J connectivity index is 2.57. The Morgan fingerprint density at radius 1 is 0.765 bits per heavy atom. The molecular weight excluding hydrogens is 279 g/mol. The zero-order chi connectivity index (χ0) is 12.5. The van der Waals surface area contributed by atoms with E-state index >= 15 is 0 Å². The van der Waals surface area contributed by atoms with Crippen LogP contribution in [0.5, 0.6) is 0 Å². The number of hydrogen-bond acceptors (Lipinski definition) is 2. The van der Waals surface area contributed by atoms with Crippen LogP contribution in [0.25, 0.3) is 0 Å². The zero-order valence-corrected chi connectivity index (χ0v) is 10.9. The SMILES string of the molecule is O=S(=O)(c1ccccc1)c1ccc(Cl)c(Cl)c1. The summed E-state index contributed by atoms with van der Waals surface area (Å²) in [6, 6.07) is 12.4. The van der Waals surface area contributed by atoms with Crippen molar-refractivity contribution in [3.63, 3.8) is 0 Å². The lowest BCUT2D eigenvalue weighted by atomic mass is 10.4. The van der Waals surface area contributed by atoms with E-state index < -0.39 is 9.84 Å². The van der Waals surface area contributed by atoms with Crippen LogP contribution in [0.3, 0.4) is 0 Å². The van der Waals surface area contributed by atoms with Crippen LogP contribution in [-0.4, -0.2) is 8.42 Å². The highest BCUT2D eigenvalue weighted by Gasteiger charge is 2.17. The van der Waals surface area contributed by atoms with Crippen molar-refractivity contribution in [1.82, 2.24) is 0 Å². The Bertz CT molecular complexity index is 637. The number of halogens is 2. The van der Waals surface area contributed by atoms with Crippen LogP contribution in [0.4, 0.5) is 0 Å². The van der Waals surface area contributed by atoms with Crippen LogP contribution in [0, 0.1) is 0 Å². The topological polar surface area (TPSA) is 34.1 Å². The molecule has 2 nitrogen and oxygen atoms in total. The van der Waals surface area contributed by atoms with Gasteiger partial charge in [-0.2, -0.15) is 0 Å². The normalized spacial score (nSPS) is 11.4. The first-order valence-corrected chi connectivity index (χ1v) is 7.01. The Labute approximate surface area is 110 Å². The van der Waals surface area contributed by atoms with Gasteiger partial charge in [0.05, 0.1) is 19.8 Å². The highest BCUT2D eigenvalue weighted by molar-refractivity contribution is 7.91. The molecule has 0 saturated heterocycles. The van der Waals surface area contributed by atoms with Crippen molar-refractivity contribution in [2.75, 3.05) is 0 Å². The van der Waals surface area contributed by atoms with E-state index in [4.69, 9.17) is 23.2 Å². The second kappa shape index (κ2) is 4.69. The van der Waals surface area contributed by atoms with Crippen LogP contribution in [-0.2, 0) is 9.84 Å². The molecule has 0 aliphatic carbocycles. The minimum atomic E-state index is -3.52. The molecule has 17 heavy (non-hydrogen) atoms. The van der Waals surface area contributed by atoms with Gasteiger partial charge in [-0.05, 0) is 30.3 Å². The van der Waals surface area contributed by atoms with Crippen LogP contribution in [0.15, 0.2) is 58.3 Å². The van der Waals surface area contributed by atoms with Gasteiger partial charge >= 0.3 is 0 Å². The minimum absolute atomic E-state index is 0.137. The number of sulfone groups is 1. The lowest BCUT2D eigenvalue weighted by molar-refractivity contribution is 0.596. The van der Waals surface area contributed by atoms with Crippen molar-refractivity contribution in [1.29, 1.82) is 0 Å². The monoisotopic (exact) mass is 286 g/mol. The lowest BCUT2D eigenvalue weighted by Gasteiger charge is -2.05. The maximum atomic E-state index is 12.2. The van der Waals surface area contributed by atoms with Crippen molar-refractivity contribution >= 4 is 33.0 Å². The molecule has 0 fully saturated rings. The summed E-state index contributed by atoms with van der Waals surface area (Å²) in [7, 11) is -3.52. The first kappa shape index (κ1) is 12.4. The second-order valence-electron chi connectivity index (χ2n) is 3.39. The third kappa shape index (κ3) is 2.46. The van der Waals surface area contributed by atoms with Gasteiger partial charge in [-0.3, -0.25) is 0 Å². The molecule has 0 bridgehead atoms. The number of hydrogen-bond donors (Lipinski definition) is 0. The maximum absolute atomic E-state index is 12.2. The summed E-state index contributed by atoms with van der Waals surface area (Å²) in [5.74, 6) is 0. The summed E-state index contributed by atoms with van der Waals surface area (Å²) in [5, 5.41) is 0.558. The van der Waals surface area contributed by atoms with E-state index in [-0.39, 0.29) is 14.8 Å². The van der Waals surface area contributed by atoms with E-state index in [0.29, 0.717) is 5.02 Å². The Morgan fingerprint density at radius 3 is 2.00 bits per heavy atom. The summed E-state index contributed by atoms with van der Waals surface area (Å²) in [6.45, 7) is 0. The molecule has 0 radical (unpaired) electrons. The molecule has 88 valence electrons. The molecule has 2 aromatic carbocycles. The fourth-order valence-corrected chi connectivity index (χ4v) is 3.05. The third-order valence-electron chi connectivity index (χ3n) is 2.25. The number of benzene rings is 2. The highest BCUT2D eigenvalue weighted by Crippen LogP contribution is 2.28. The van der Waals surface area contributed by atoms with Crippen molar-refractivity contribution in [2.45, 2.75) is 9.79 Å². The Morgan fingerprint density at radius 2 is 1.41 bits per heavy atom. The van der Waals surface area contributed by atoms with Gasteiger partial charge < -0.3 is 0 Å². The van der Waals surface area contributed by atoms with E-state index in [1.807, 2.05) is 0 Å². The standard InChI is InChI=1S/C12H8Cl2O2S/c13-11-7-6-10(8-12(11)14)17(15,16)9-4-2-1-3-5-9/h1-8H. The average Bonchev–Trinajstić information content (AvgIpc) is 2.33. The smallest absolute Gasteiger partial charge is 0.206 e. The summed E-state index contributed by atoms with van der Waals surface area (Å²) < 4.78 is 24.4. The molecule has 2 rings (SSSR count). The zero-order valence-electron chi connectivity index (χ0n) is 8.60. The highest BCUT2D eigenvalue weighted by atomic mass is 35.5.